The predicted molar refractivity (Wildman–Crippen MR) is 90.8 cm³/mol. The highest BCUT2D eigenvalue weighted by molar-refractivity contribution is 5.92. The molecule has 2 aliphatic carbocycles. The van der Waals surface area contributed by atoms with Gasteiger partial charge in [0.15, 0.2) is 0 Å². The molecular formula is C20H32O3. The molecule has 5 unspecified atom stereocenters. The minimum absolute atomic E-state index is 0.00316. The van der Waals surface area contributed by atoms with Gasteiger partial charge in [-0.2, -0.15) is 0 Å². The second-order valence-corrected chi connectivity index (χ2v) is 8.58. The SMILES string of the molecule is CC(CCO)CCC1(C)C(C)CCC23COC(=O)C2=CCCC31. The third-order valence-electron chi connectivity index (χ3n) is 7.43. The zero-order valence-corrected chi connectivity index (χ0v) is 14.9. The summed E-state index contributed by atoms with van der Waals surface area (Å²) in [7, 11) is 0. The molecule has 0 aromatic heterocycles. The van der Waals surface area contributed by atoms with Crippen molar-refractivity contribution < 1.29 is 14.6 Å². The van der Waals surface area contributed by atoms with E-state index in [1.807, 2.05) is 0 Å². The van der Waals surface area contributed by atoms with Crippen LogP contribution >= 0.6 is 0 Å². The fourth-order valence-electron chi connectivity index (χ4n) is 5.63. The highest BCUT2D eigenvalue weighted by atomic mass is 16.5. The van der Waals surface area contributed by atoms with Gasteiger partial charge in [0.1, 0.15) is 6.61 Å². The van der Waals surface area contributed by atoms with E-state index in [1.54, 1.807) is 0 Å². The molecule has 1 aliphatic heterocycles. The summed E-state index contributed by atoms with van der Waals surface area (Å²) in [5.41, 5.74) is 1.27. The van der Waals surface area contributed by atoms with Crippen LogP contribution in [-0.2, 0) is 9.53 Å². The van der Waals surface area contributed by atoms with E-state index in [9.17, 15) is 4.79 Å². The van der Waals surface area contributed by atoms with Gasteiger partial charge in [-0.3, -0.25) is 0 Å². The van der Waals surface area contributed by atoms with Crippen LogP contribution in [0, 0.1) is 28.6 Å². The molecule has 0 aromatic carbocycles. The van der Waals surface area contributed by atoms with Crippen molar-refractivity contribution in [2.45, 2.75) is 65.7 Å². The molecule has 1 spiro atoms. The van der Waals surface area contributed by atoms with Crippen molar-refractivity contribution in [1.82, 2.24) is 0 Å². The highest BCUT2D eigenvalue weighted by Gasteiger charge is 2.60. The Labute approximate surface area is 140 Å². The Morgan fingerprint density at radius 3 is 2.91 bits per heavy atom. The average molecular weight is 320 g/mol. The number of aliphatic hydroxyl groups excluding tert-OH is 1. The molecule has 3 aliphatic rings. The average Bonchev–Trinajstić information content (AvgIpc) is 2.87. The van der Waals surface area contributed by atoms with Crippen LogP contribution in [0.5, 0.6) is 0 Å². The van der Waals surface area contributed by atoms with E-state index >= 15 is 0 Å². The van der Waals surface area contributed by atoms with Crippen molar-refractivity contribution in [3.05, 3.63) is 11.6 Å². The smallest absolute Gasteiger partial charge is 0.334 e. The van der Waals surface area contributed by atoms with E-state index in [-0.39, 0.29) is 23.4 Å². The van der Waals surface area contributed by atoms with E-state index in [0.29, 0.717) is 24.4 Å². The molecule has 1 saturated heterocycles. The first-order valence-electron chi connectivity index (χ1n) is 9.42. The molecule has 0 aromatic rings. The molecule has 3 rings (SSSR count). The number of esters is 1. The quantitative estimate of drug-likeness (QED) is 0.776. The van der Waals surface area contributed by atoms with Crippen LogP contribution in [0.15, 0.2) is 11.6 Å². The first kappa shape index (κ1) is 17.0. The van der Waals surface area contributed by atoms with Crippen LogP contribution in [0.2, 0.25) is 0 Å². The Morgan fingerprint density at radius 1 is 1.39 bits per heavy atom. The number of ether oxygens (including phenoxy) is 1. The monoisotopic (exact) mass is 320 g/mol. The number of carbonyl (C=O) groups is 1. The molecule has 1 heterocycles. The number of carbonyl (C=O) groups excluding carboxylic acids is 1. The standard InChI is InChI=1S/C20H32O3/c1-14(9-12-21)7-10-19(3)15(2)8-11-20-13-23-18(22)16(20)5-4-6-17(19)20/h5,14-15,17,21H,4,6-13H2,1-3H3. The summed E-state index contributed by atoms with van der Waals surface area (Å²) in [4.78, 5) is 12.2. The third kappa shape index (κ3) is 2.65. The summed E-state index contributed by atoms with van der Waals surface area (Å²) in [5.74, 6) is 1.77. The molecule has 0 bridgehead atoms. The first-order chi connectivity index (χ1) is 10.9. The van der Waals surface area contributed by atoms with Gasteiger partial charge in [0, 0.05) is 17.6 Å². The summed E-state index contributed by atoms with van der Waals surface area (Å²) >= 11 is 0. The van der Waals surface area contributed by atoms with Crippen molar-refractivity contribution in [2.75, 3.05) is 13.2 Å². The maximum Gasteiger partial charge on any atom is 0.334 e. The Morgan fingerprint density at radius 2 is 2.17 bits per heavy atom. The fraction of sp³-hybridized carbons (Fsp3) is 0.850. The minimum atomic E-state index is -0.0553. The summed E-state index contributed by atoms with van der Waals surface area (Å²) in [5, 5.41) is 9.17. The molecule has 2 fully saturated rings. The molecule has 0 amide bonds. The number of rotatable bonds is 5. The van der Waals surface area contributed by atoms with Crippen LogP contribution in [0.25, 0.3) is 0 Å². The van der Waals surface area contributed by atoms with Gasteiger partial charge in [-0.05, 0) is 61.7 Å². The van der Waals surface area contributed by atoms with E-state index in [1.165, 1.54) is 25.7 Å². The second kappa shape index (κ2) is 6.23. The third-order valence-corrected chi connectivity index (χ3v) is 7.43. The van der Waals surface area contributed by atoms with Gasteiger partial charge in [-0.25, -0.2) is 4.79 Å². The Bertz CT molecular complexity index is 497. The van der Waals surface area contributed by atoms with Crippen LogP contribution in [0.1, 0.15) is 65.7 Å². The number of hydrogen-bond acceptors (Lipinski definition) is 3. The van der Waals surface area contributed by atoms with Gasteiger partial charge < -0.3 is 9.84 Å². The lowest BCUT2D eigenvalue weighted by Gasteiger charge is -2.56. The van der Waals surface area contributed by atoms with Gasteiger partial charge in [-0.1, -0.05) is 33.3 Å². The van der Waals surface area contributed by atoms with Gasteiger partial charge >= 0.3 is 5.97 Å². The lowest BCUT2D eigenvalue weighted by atomic mass is 9.46. The summed E-state index contributed by atoms with van der Waals surface area (Å²) in [6.07, 6.45) is 9.93. The number of allylic oxidation sites excluding steroid dienone is 1. The summed E-state index contributed by atoms with van der Waals surface area (Å²) in [6.45, 7) is 8.00. The normalized spacial score (nSPS) is 40.9. The maximum atomic E-state index is 12.2. The Hall–Kier alpha value is -0.830. The topological polar surface area (TPSA) is 46.5 Å². The zero-order chi connectivity index (χ0) is 16.7. The second-order valence-electron chi connectivity index (χ2n) is 8.58. The van der Waals surface area contributed by atoms with Crippen LogP contribution < -0.4 is 0 Å². The minimum Gasteiger partial charge on any atom is -0.461 e. The summed E-state index contributed by atoms with van der Waals surface area (Å²) in [6, 6.07) is 0. The van der Waals surface area contributed by atoms with Crippen LogP contribution in [0.4, 0.5) is 0 Å². The number of hydrogen-bond donors (Lipinski definition) is 1. The van der Waals surface area contributed by atoms with Crippen LogP contribution in [-0.4, -0.2) is 24.3 Å². The van der Waals surface area contributed by atoms with E-state index in [4.69, 9.17) is 9.84 Å². The number of aliphatic hydroxyl groups is 1. The van der Waals surface area contributed by atoms with Crippen molar-refractivity contribution in [3.8, 4) is 0 Å². The largest absolute Gasteiger partial charge is 0.461 e. The predicted octanol–water partition coefficient (Wildman–Crippen LogP) is 4.10. The first-order valence-corrected chi connectivity index (χ1v) is 9.42. The fourth-order valence-corrected chi connectivity index (χ4v) is 5.63. The van der Waals surface area contributed by atoms with Crippen LogP contribution in [0.3, 0.4) is 0 Å². The Balaban J connectivity index is 1.85. The lowest BCUT2D eigenvalue weighted by molar-refractivity contribution is -0.135. The molecule has 130 valence electrons. The van der Waals surface area contributed by atoms with E-state index in [0.717, 1.165) is 24.8 Å². The van der Waals surface area contributed by atoms with Gasteiger partial charge in [-0.15, -0.1) is 0 Å². The molecule has 5 atom stereocenters. The van der Waals surface area contributed by atoms with Gasteiger partial charge in [0.25, 0.3) is 0 Å². The van der Waals surface area contributed by atoms with Gasteiger partial charge in [0.2, 0.25) is 0 Å². The van der Waals surface area contributed by atoms with Crippen molar-refractivity contribution in [1.29, 1.82) is 0 Å². The lowest BCUT2D eigenvalue weighted by Crippen LogP contribution is -2.51. The molecule has 1 N–H and O–H groups in total. The number of cyclic esters (lactones) is 1. The van der Waals surface area contributed by atoms with Crippen molar-refractivity contribution in [3.63, 3.8) is 0 Å². The molecular weight excluding hydrogens is 288 g/mol. The molecule has 1 saturated carbocycles. The summed E-state index contributed by atoms with van der Waals surface area (Å²) < 4.78 is 5.51. The molecule has 3 heteroatoms. The van der Waals surface area contributed by atoms with E-state index in [2.05, 4.69) is 26.8 Å². The molecule has 3 nitrogen and oxygen atoms in total. The molecule has 0 radical (unpaired) electrons. The maximum absolute atomic E-state index is 12.2. The highest BCUT2D eigenvalue weighted by Crippen LogP contribution is 2.63. The van der Waals surface area contributed by atoms with E-state index < -0.39 is 0 Å². The molecule has 23 heavy (non-hydrogen) atoms. The Kier molecular flexibility index (Phi) is 4.61. The zero-order valence-electron chi connectivity index (χ0n) is 14.9. The van der Waals surface area contributed by atoms with Crippen molar-refractivity contribution >= 4 is 5.97 Å². The van der Waals surface area contributed by atoms with Crippen molar-refractivity contribution in [2.24, 2.45) is 28.6 Å². The van der Waals surface area contributed by atoms with Gasteiger partial charge in [0.05, 0.1) is 0 Å².